The summed E-state index contributed by atoms with van der Waals surface area (Å²) in [5, 5.41) is 3.11. The zero-order chi connectivity index (χ0) is 17.9. The van der Waals surface area contributed by atoms with Gasteiger partial charge in [-0.1, -0.05) is 57.9 Å². The summed E-state index contributed by atoms with van der Waals surface area (Å²) in [5.74, 6) is 0. The van der Waals surface area contributed by atoms with Gasteiger partial charge in [-0.25, -0.2) is 4.79 Å². The summed E-state index contributed by atoms with van der Waals surface area (Å²) >= 11 is 0. The Balaban J connectivity index is 1.49. The third-order valence-electron chi connectivity index (χ3n) is 5.50. The average Bonchev–Trinajstić information content (AvgIpc) is 2.61. The van der Waals surface area contributed by atoms with Gasteiger partial charge in [-0.15, -0.1) is 0 Å². The minimum Gasteiger partial charge on any atom is -0.374 e. The van der Waals surface area contributed by atoms with Crippen LogP contribution >= 0.6 is 0 Å². The number of amides is 2. The fraction of sp³-hybridized carbons (Fsp3) is 0.667. The molecule has 1 N–H and O–H groups in total. The van der Waals surface area contributed by atoms with E-state index in [0.717, 1.165) is 19.3 Å². The topological polar surface area (TPSA) is 41.6 Å². The predicted molar refractivity (Wildman–Crippen MR) is 101 cm³/mol. The number of ether oxygens (including phenoxy) is 1. The number of morpholine rings is 1. The molecule has 2 fully saturated rings. The first kappa shape index (κ1) is 18.2. The maximum atomic E-state index is 12.6. The Hall–Kier alpha value is -1.55. The van der Waals surface area contributed by atoms with Crippen molar-refractivity contribution in [2.24, 2.45) is 0 Å². The van der Waals surface area contributed by atoms with Crippen LogP contribution in [-0.4, -0.2) is 42.8 Å². The number of nitrogens with one attached hydrogen (secondary N) is 1. The molecule has 3 rings (SSSR count). The van der Waals surface area contributed by atoms with E-state index >= 15 is 0 Å². The monoisotopic (exact) mass is 344 g/mol. The van der Waals surface area contributed by atoms with Gasteiger partial charge < -0.3 is 15.0 Å². The van der Waals surface area contributed by atoms with Gasteiger partial charge in [0.15, 0.2) is 0 Å². The van der Waals surface area contributed by atoms with Crippen molar-refractivity contribution in [1.82, 2.24) is 10.2 Å². The van der Waals surface area contributed by atoms with Crippen molar-refractivity contribution >= 4 is 6.03 Å². The van der Waals surface area contributed by atoms with Crippen molar-refractivity contribution in [3.8, 4) is 0 Å². The standard InChI is InChI=1S/C21H32N2O2/c1-21(2,3)17-10-8-16(9-11-17)12-13-22-20(24)23-14-15-25-19-7-5-4-6-18(19)23/h8-11,18-19H,4-7,12-15H2,1-3H3,(H,22,24). The summed E-state index contributed by atoms with van der Waals surface area (Å²) in [4.78, 5) is 14.6. The molecule has 0 spiro atoms. The molecule has 0 radical (unpaired) electrons. The number of fused-ring (bicyclic) bond motifs is 1. The van der Waals surface area contributed by atoms with E-state index in [2.05, 4.69) is 50.4 Å². The third kappa shape index (κ3) is 4.55. The van der Waals surface area contributed by atoms with Crippen molar-refractivity contribution in [3.63, 3.8) is 0 Å². The van der Waals surface area contributed by atoms with Crippen molar-refractivity contribution in [1.29, 1.82) is 0 Å². The zero-order valence-electron chi connectivity index (χ0n) is 15.9. The molecule has 1 saturated heterocycles. The molecule has 0 aromatic heterocycles. The van der Waals surface area contributed by atoms with Gasteiger partial charge in [-0.05, 0) is 35.8 Å². The molecule has 1 aromatic carbocycles. The third-order valence-corrected chi connectivity index (χ3v) is 5.50. The highest BCUT2D eigenvalue weighted by molar-refractivity contribution is 5.74. The number of hydrogen-bond donors (Lipinski definition) is 1. The van der Waals surface area contributed by atoms with E-state index in [4.69, 9.17) is 4.74 Å². The summed E-state index contributed by atoms with van der Waals surface area (Å²) in [7, 11) is 0. The van der Waals surface area contributed by atoms with Crippen LogP contribution in [0.2, 0.25) is 0 Å². The molecule has 4 nitrogen and oxygen atoms in total. The first-order valence-electron chi connectivity index (χ1n) is 9.70. The lowest BCUT2D eigenvalue weighted by Crippen LogP contribution is -2.57. The van der Waals surface area contributed by atoms with Crippen LogP contribution < -0.4 is 5.32 Å². The Labute approximate surface area is 151 Å². The van der Waals surface area contributed by atoms with E-state index in [-0.39, 0.29) is 23.6 Å². The number of urea groups is 1. The predicted octanol–water partition coefficient (Wildman–Crippen LogP) is 3.88. The molecule has 1 aliphatic carbocycles. The van der Waals surface area contributed by atoms with E-state index in [1.54, 1.807) is 0 Å². The molecule has 1 heterocycles. The summed E-state index contributed by atoms with van der Waals surface area (Å²) in [6.07, 6.45) is 5.71. The number of carbonyl (C=O) groups is 1. The summed E-state index contributed by atoms with van der Waals surface area (Å²) in [6, 6.07) is 9.11. The van der Waals surface area contributed by atoms with E-state index in [0.29, 0.717) is 19.7 Å². The molecule has 1 aliphatic heterocycles. The van der Waals surface area contributed by atoms with E-state index < -0.39 is 0 Å². The Bertz CT molecular complexity index is 575. The molecule has 2 atom stereocenters. The van der Waals surface area contributed by atoms with Gasteiger partial charge in [0.05, 0.1) is 18.8 Å². The Morgan fingerprint density at radius 1 is 1.20 bits per heavy atom. The number of rotatable bonds is 3. The van der Waals surface area contributed by atoms with Crippen LogP contribution in [-0.2, 0) is 16.6 Å². The van der Waals surface area contributed by atoms with Crippen molar-refractivity contribution in [3.05, 3.63) is 35.4 Å². The van der Waals surface area contributed by atoms with Crippen molar-refractivity contribution < 1.29 is 9.53 Å². The van der Waals surface area contributed by atoms with Gasteiger partial charge in [0, 0.05) is 13.1 Å². The largest absolute Gasteiger partial charge is 0.374 e. The van der Waals surface area contributed by atoms with Gasteiger partial charge in [0.1, 0.15) is 0 Å². The molecule has 1 aromatic rings. The van der Waals surface area contributed by atoms with Crippen LogP contribution in [0.25, 0.3) is 0 Å². The molecule has 2 aliphatic rings. The van der Waals surface area contributed by atoms with Gasteiger partial charge in [-0.2, -0.15) is 0 Å². The molecular formula is C21H32N2O2. The number of nitrogens with zero attached hydrogens (tertiary/aromatic N) is 1. The maximum Gasteiger partial charge on any atom is 0.317 e. The Morgan fingerprint density at radius 2 is 1.92 bits per heavy atom. The molecular weight excluding hydrogens is 312 g/mol. The molecule has 138 valence electrons. The zero-order valence-corrected chi connectivity index (χ0v) is 15.9. The minimum atomic E-state index is 0.0755. The molecule has 1 saturated carbocycles. The molecule has 2 amide bonds. The van der Waals surface area contributed by atoms with Crippen LogP contribution in [0.4, 0.5) is 4.79 Å². The maximum absolute atomic E-state index is 12.6. The van der Waals surface area contributed by atoms with Crippen LogP contribution in [0.3, 0.4) is 0 Å². The second-order valence-corrected chi connectivity index (χ2v) is 8.38. The normalized spacial score (nSPS) is 23.9. The second kappa shape index (κ2) is 7.77. The number of carbonyl (C=O) groups excluding carboxylic acids is 1. The first-order valence-corrected chi connectivity index (χ1v) is 9.70. The Morgan fingerprint density at radius 3 is 2.64 bits per heavy atom. The highest BCUT2D eigenvalue weighted by Crippen LogP contribution is 2.28. The minimum absolute atomic E-state index is 0.0755. The van der Waals surface area contributed by atoms with Gasteiger partial charge in [0.25, 0.3) is 0 Å². The highest BCUT2D eigenvalue weighted by Gasteiger charge is 2.36. The lowest BCUT2D eigenvalue weighted by molar-refractivity contribution is -0.0711. The first-order chi connectivity index (χ1) is 11.9. The molecule has 0 bridgehead atoms. The molecule has 2 unspecified atom stereocenters. The van der Waals surface area contributed by atoms with Crippen LogP contribution in [0.1, 0.15) is 57.6 Å². The van der Waals surface area contributed by atoms with Gasteiger partial charge >= 0.3 is 6.03 Å². The summed E-state index contributed by atoms with van der Waals surface area (Å²) < 4.78 is 5.85. The van der Waals surface area contributed by atoms with E-state index in [9.17, 15) is 4.79 Å². The van der Waals surface area contributed by atoms with E-state index in [1.807, 2.05) is 4.90 Å². The fourth-order valence-electron chi connectivity index (χ4n) is 3.94. The van der Waals surface area contributed by atoms with Gasteiger partial charge in [-0.3, -0.25) is 0 Å². The SMILES string of the molecule is CC(C)(C)c1ccc(CCNC(=O)N2CCOC3CCCCC32)cc1. The van der Waals surface area contributed by atoms with Crippen molar-refractivity contribution in [2.45, 2.75) is 70.4 Å². The number of benzene rings is 1. The summed E-state index contributed by atoms with van der Waals surface area (Å²) in [6.45, 7) is 8.74. The lowest BCUT2D eigenvalue weighted by atomic mass is 9.86. The summed E-state index contributed by atoms with van der Waals surface area (Å²) in [5.41, 5.74) is 2.79. The molecule has 25 heavy (non-hydrogen) atoms. The molecule has 4 heteroatoms. The van der Waals surface area contributed by atoms with Crippen LogP contribution in [0, 0.1) is 0 Å². The van der Waals surface area contributed by atoms with Crippen LogP contribution in [0.15, 0.2) is 24.3 Å². The van der Waals surface area contributed by atoms with Crippen molar-refractivity contribution in [2.75, 3.05) is 19.7 Å². The highest BCUT2D eigenvalue weighted by atomic mass is 16.5. The number of hydrogen-bond acceptors (Lipinski definition) is 2. The average molecular weight is 344 g/mol. The Kier molecular flexibility index (Phi) is 5.67. The second-order valence-electron chi connectivity index (χ2n) is 8.38. The quantitative estimate of drug-likeness (QED) is 0.904. The lowest BCUT2D eigenvalue weighted by Gasteiger charge is -2.43. The smallest absolute Gasteiger partial charge is 0.317 e. The van der Waals surface area contributed by atoms with E-state index in [1.165, 1.54) is 24.0 Å². The van der Waals surface area contributed by atoms with Gasteiger partial charge in [0.2, 0.25) is 0 Å². The van der Waals surface area contributed by atoms with Crippen LogP contribution in [0.5, 0.6) is 0 Å². The fourth-order valence-corrected chi connectivity index (χ4v) is 3.94.